The van der Waals surface area contributed by atoms with Gasteiger partial charge < -0.3 is 9.88 Å². The van der Waals surface area contributed by atoms with Crippen LogP contribution in [-0.4, -0.2) is 22.6 Å². The standard InChI is InChI=1S/C15H21N3/c1-2-9-16-10-6-12-18-13-11-17-15(18)14-7-4-3-5-8-14/h3-5,7-8,11,13,16H,2,6,9-10,12H2,1H3. The molecule has 0 saturated heterocycles. The third kappa shape index (κ3) is 3.44. The molecule has 3 heteroatoms. The molecule has 1 heterocycles. The van der Waals surface area contributed by atoms with E-state index in [-0.39, 0.29) is 0 Å². The summed E-state index contributed by atoms with van der Waals surface area (Å²) < 4.78 is 2.23. The fourth-order valence-corrected chi connectivity index (χ4v) is 2.01. The van der Waals surface area contributed by atoms with E-state index in [4.69, 9.17) is 0 Å². The molecule has 96 valence electrons. The molecule has 0 aliphatic carbocycles. The third-order valence-electron chi connectivity index (χ3n) is 2.93. The highest BCUT2D eigenvalue weighted by atomic mass is 15.1. The Balaban J connectivity index is 1.92. The minimum Gasteiger partial charge on any atom is -0.331 e. The molecule has 0 saturated carbocycles. The number of aryl methyl sites for hydroxylation is 1. The molecule has 0 spiro atoms. The van der Waals surface area contributed by atoms with Crippen LogP contribution >= 0.6 is 0 Å². The van der Waals surface area contributed by atoms with Crippen LogP contribution in [0.1, 0.15) is 19.8 Å². The van der Waals surface area contributed by atoms with Crippen LogP contribution in [0, 0.1) is 0 Å². The van der Waals surface area contributed by atoms with Crippen molar-refractivity contribution in [1.29, 1.82) is 0 Å². The molecule has 0 aliphatic rings. The predicted octanol–water partition coefficient (Wildman–Crippen LogP) is 2.94. The molecular formula is C15H21N3. The summed E-state index contributed by atoms with van der Waals surface area (Å²) in [6.45, 7) is 5.38. The van der Waals surface area contributed by atoms with Crippen LogP contribution in [0.5, 0.6) is 0 Å². The number of hydrogen-bond acceptors (Lipinski definition) is 2. The number of benzene rings is 1. The van der Waals surface area contributed by atoms with E-state index in [1.807, 2.05) is 12.3 Å². The topological polar surface area (TPSA) is 29.9 Å². The molecule has 0 unspecified atom stereocenters. The maximum Gasteiger partial charge on any atom is 0.139 e. The summed E-state index contributed by atoms with van der Waals surface area (Å²) in [7, 11) is 0. The Hall–Kier alpha value is -1.61. The van der Waals surface area contributed by atoms with Crippen molar-refractivity contribution >= 4 is 0 Å². The molecule has 2 rings (SSSR count). The Kier molecular flexibility index (Phi) is 4.97. The van der Waals surface area contributed by atoms with Gasteiger partial charge in [0.15, 0.2) is 0 Å². The Morgan fingerprint density at radius 3 is 2.78 bits per heavy atom. The van der Waals surface area contributed by atoms with Gasteiger partial charge in [0.05, 0.1) is 0 Å². The molecule has 1 N–H and O–H groups in total. The third-order valence-corrected chi connectivity index (χ3v) is 2.93. The first-order valence-electron chi connectivity index (χ1n) is 6.69. The van der Waals surface area contributed by atoms with E-state index >= 15 is 0 Å². The fourth-order valence-electron chi connectivity index (χ4n) is 2.01. The lowest BCUT2D eigenvalue weighted by atomic mass is 10.2. The van der Waals surface area contributed by atoms with Gasteiger partial charge >= 0.3 is 0 Å². The van der Waals surface area contributed by atoms with Crippen LogP contribution in [0.15, 0.2) is 42.7 Å². The van der Waals surface area contributed by atoms with E-state index < -0.39 is 0 Å². The van der Waals surface area contributed by atoms with Gasteiger partial charge in [0.2, 0.25) is 0 Å². The van der Waals surface area contributed by atoms with Crippen LogP contribution in [0.4, 0.5) is 0 Å². The summed E-state index contributed by atoms with van der Waals surface area (Å²) in [5, 5.41) is 3.42. The average Bonchev–Trinajstić information content (AvgIpc) is 2.88. The van der Waals surface area contributed by atoms with Crippen LogP contribution < -0.4 is 5.32 Å². The molecule has 0 atom stereocenters. The lowest BCUT2D eigenvalue weighted by molar-refractivity contribution is 0.581. The summed E-state index contributed by atoms with van der Waals surface area (Å²) in [4.78, 5) is 4.44. The highest BCUT2D eigenvalue weighted by Crippen LogP contribution is 2.16. The van der Waals surface area contributed by atoms with Crippen molar-refractivity contribution in [3.63, 3.8) is 0 Å². The fraction of sp³-hybridized carbons (Fsp3) is 0.400. The second-order valence-electron chi connectivity index (χ2n) is 4.41. The average molecular weight is 243 g/mol. The summed E-state index contributed by atoms with van der Waals surface area (Å²) in [6, 6.07) is 10.3. The summed E-state index contributed by atoms with van der Waals surface area (Å²) in [5.74, 6) is 1.06. The minimum absolute atomic E-state index is 1.01. The molecule has 0 fully saturated rings. The highest BCUT2D eigenvalue weighted by Gasteiger charge is 2.04. The molecule has 2 aromatic rings. The van der Waals surface area contributed by atoms with Gasteiger partial charge in [-0.05, 0) is 25.9 Å². The van der Waals surface area contributed by atoms with E-state index in [0.29, 0.717) is 0 Å². The van der Waals surface area contributed by atoms with E-state index in [2.05, 4.69) is 52.3 Å². The van der Waals surface area contributed by atoms with E-state index in [1.54, 1.807) is 0 Å². The van der Waals surface area contributed by atoms with Crippen LogP contribution in [0.2, 0.25) is 0 Å². The molecular weight excluding hydrogens is 222 g/mol. The Bertz CT molecular complexity index is 448. The first kappa shape index (κ1) is 12.8. The van der Waals surface area contributed by atoms with E-state index in [0.717, 1.165) is 31.9 Å². The van der Waals surface area contributed by atoms with Crippen molar-refractivity contribution in [2.45, 2.75) is 26.3 Å². The van der Waals surface area contributed by atoms with Crippen LogP contribution in [-0.2, 0) is 6.54 Å². The van der Waals surface area contributed by atoms with E-state index in [9.17, 15) is 0 Å². The van der Waals surface area contributed by atoms with Gasteiger partial charge in [0.25, 0.3) is 0 Å². The predicted molar refractivity (Wildman–Crippen MR) is 75.4 cm³/mol. The number of aromatic nitrogens is 2. The van der Waals surface area contributed by atoms with Crippen molar-refractivity contribution in [1.82, 2.24) is 14.9 Å². The summed E-state index contributed by atoms with van der Waals surface area (Å²) >= 11 is 0. The smallest absolute Gasteiger partial charge is 0.139 e. The second-order valence-corrected chi connectivity index (χ2v) is 4.41. The maximum absolute atomic E-state index is 4.44. The molecule has 1 aromatic heterocycles. The number of nitrogens with one attached hydrogen (secondary N) is 1. The lowest BCUT2D eigenvalue weighted by Crippen LogP contribution is -2.17. The zero-order chi connectivity index (χ0) is 12.6. The lowest BCUT2D eigenvalue weighted by Gasteiger charge is -2.08. The van der Waals surface area contributed by atoms with Crippen LogP contribution in [0.25, 0.3) is 11.4 Å². The molecule has 3 nitrogen and oxygen atoms in total. The normalized spacial score (nSPS) is 10.7. The first-order valence-corrected chi connectivity index (χ1v) is 6.69. The van der Waals surface area contributed by atoms with Gasteiger partial charge in [-0.3, -0.25) is 0 Å². The van der Waals surface area contributed by atoms with Crippen molar-refractivity contribution in [2.24, 2.45) is 0 Å². The second kappa shape index (κ2) is 6.97. The SMILES string of the molecule is CCCNCCCn1ccnc1-c1ccccc1. The monoisotopic (exact) mass is 243 g/mol. The molecule has 1 aromatic carbocycles. The Morgan fingerprint density at radius 1 is 1.17 bits per heavy atom. The Morgan fingerprint density at radius 2 is 2.00 bits per heavy atom. The van der Waals surface area contributed by atoms with Crippen molar-refractivity contribution < 1.29 is 0 Å². The van der Waals surface area contributed by atoms with Gasteiger partial charge in [0.1, 0.15) is 5.82 Å². The first-order chi connectivity index (χ1) is 8.92. The van der Waals surface area contributed by atoms with Crippen molar-refractivity contribution in [2.75, 3.05) is 13.1 Å². The zero-order valence-corrected chi connectivity index (χ0v) is 11.0. The molecule has 0 aliphatic heterocycles. The largest absolute Gasteiger partial charge is 0.331 e. The molecule has 18 heavy (non-hydrogen) atoms. The van der Waals surface area contributed by atoms with Gasteiger partial charge in [-0.2, -0.15) is 0 Å². The molecule has 0 radical (unpaired) electrons. The van der Waals surface area contributed by atoms with Crippen LogP contribution in [0.3, 0.4) is 0 Å². The van der Waals surface area contributed by atoms with Gasteiger partial charge in [-0.25, -0.2) is 4.98 Å². The molecule has 0 amide bonds. The van der Waals surface area contributed by atoms with Gasteiger partial charge in [0, 0.05) is 24.5 Å². The summed E-state index contributed by atoms with van der Waals surface area (Å²) in [5.41, 5.74) is 1.18. The van der Waals surface area contributed by atoms with E-state index in [1.165, 1.54) is 12.0 Å². The number of hydrogen-bond donors (Lipinski definition) is 1. The van der Waals surface area contributed by atoms with Gasteiger partial charge in [-0.15, -0.1) is 0 Å². The van der Waals surface area contributed by atoms with Gasteiger partial charge in [-0.1, -0.05) is 37.3 Å². The van der Waals surface area contributed by atoms with Crippen molar-refractivity contribution in [3.8, 4) is 11.4 Å². The molecule has 0 bridgehead atoms. The Labute approximate surface area is 109 Å². The number of nitrogens with zero attached hydrogens (tertiary/aromatic N) is 2. The number of imidazole rings is 1. The highest BCUT2D eigenvalue weighted by molar-refractivity contribution is 5.54. The summed E-state index contributed by atoms with van der Waals surface area (Å²) in [6.07, 6.45) is 6.26. The zero-order valence-electron chi connectivity index (χ0n) is 11.0. The number of rotatable bonds is 7. The van der Waals surface area contributed by atoms with Crippen molar-refractivity contribution in [3.05, 3.63) is 42.7 Å². The minimum atomic E-state index is 1.01. The quantitative estimate of drug-likeness (QED) is 0.758. The maximum atomic E-state index is 4.44.